The number of anilines is 1. The fraction of sp³-hybridized carbons (Fsp3) is 0.300. The number of piperidine rings is 1. The molecule has 1 aliphatic rings. The van der Waals surface area contributed by atoms with E-state index >= 15 is 0 Å². The fourth-order valence-corrected chi connectivity index (χ4v) is 3.29. The molecule has 0 spiro atoms. The van der Waals surface area contributed by atoms with E-state index in [1.807, 2.05) is 23.1 Å². The number of nitrogens with zero attached hydrogens (tertiary/aromatic N) is 2. The molecule has 1 heterocycles. The Morgan fingerprint density at radius 3 is 2.57 bits per heavy atom. The summed E-state index contributed by atoms with van der Waals surface area (Å²) in [6.07, 6.45) is 2.89. The van der Waals surface area contributed by atoms with Crippen LogP contribution in [0.1, 0.15) is 24.0 Å². The number of thiocarbonyl (C=S) groups is 1. The lowest BCUT2D eigenvalue weighted by Crippen LogP contribution is -2.42. The molecule has 4 N–H and O–H groups in total. The van der Waals surface area contributed by atoms with Crippen LogP contribution < -0.4 is 21.4 Å². The summed E-state index contributed by atoms with van der Waals surface area (Å²) in [4.78, 5) is 1.88. The van der Waals surface area contributed by atoms with Gasteiger partial charge in [0.1, 0.15) is 11.6 Å². The fourth-order valence-electron chi connectivity index (χ4n) is 3.24. The summed E-state index contributed by atoms with van der Waals surface area (Å²) in [6, 6.07) is 12.9. The maximum atomic E-state index is 14.5. The van der Waals surface area contributed by atoms with Crippen molar-refractivity contribution in [2.75, 3.05) is 18.0 Å². The molecule has 0 saturated carbocycles. The van der Waals surface area contributed by atoms with E-state index < -0.39 is 11.6 Å². The minimum absolute atomic E-state index is 0.0319. The molecule has 5 nitrogen and oxygen atoms in total. The zero-order valence-corrected chi connectivity index (χ0v) is 16.2. The lowest BCUT2D eigenvalue weighted by Gasteiger charge is -2.34. The second-order valence-corrected chi connectivity index (χ2v) is 7.13. The molecular formula is C20H23F2N5S. The van der Waals surface area contributed by atoms with Gasteiger partial charge in [0.25, 0.3) is 0 Å². The Labute approximate surface area is 168 Å². The third-order valence-electron chi connectivity index (χ3n) is 4.72. The first kappa shape index (κ1) is 20.2. The van der Waals surface area contributed by atoms with Gasteiger partial charge in [-0.05, 0) is 36.7 Å². The van der Waals surface area contributed by atoms with Gasteiger partial charge in [-0.1, -0.05) is 30.3 Å². The minimum Gasteiger partial charge on any atom is -0.375 e. The van der Waals surface area contributed by atoms with E-state index in [0.29, 0.717) is 19.1 Å². The molecule has 1 saturated heterocycles. The standard InChI is InChI=1S/C20H23F2N5S/c21-17-11-19(18(22)10-15(17)13-25-26-20(23)28)27-8-6-16(7-9-27)24-12-14-4-2-1-3-5-14/h1-5,10-11,13,16,24H,6-9,12H2,(H3,23,26,28). The predicted molar refractivity (Wildman–Crippen MR) is 112 cm³/mol. The Kier molecular flexibility index (Phi) is 6.89. The van der Waals surface area contributed by atoms with Crippen molar-refractivity contribution in [3.63, 3.8) is 0 Å². The van der Waals surface area contributed by atoms with Gasteiger partial charge in [0.2, 0.25) is 0 Å². The topological polar surface area (TPSA) is 65.7 Å². The third-order valence-corrected chi connectivity index (χ3v) is 4.81. The summed E-state index contributed by atoms with van der Waals surface area (Å²) >= 11 is 4.60. The zero-order valence-electron chi connectivity index (χ0n) is 15.4. The van der Waals surface area contributed by atoms with E-state index in [1.54, 1.807) is 0 Å². The number of nitrogens with one attached hydrogen (secondary N) is 2. The first-order chi connectivity index (χ1) is 13.5. The van der Waals surface area contributed by atoms with Gasteiger partial charge in [0, 0.05) is 37.3 Å². The van der Waals surface area contributed by atoms with Crippen LogP contribution >= 0.6 is 12.2 Å². The van der Waals surface area contributed by atoms with Crippen molar-refractivity contribution in [2.45, 2.75) is 25.4 Å². The van der Waals surface area contributed by atoms with Gasteiger partial charge in [0.15, 0.2) is 5.11 Å². The normalized spacial score (nSPS) is 15.1. The van der Waals surface area contributed by atoms with Crippen molar-refractivity contribution in [3.05, 3.63) is 65.2 Å². The summed E-state index contributed by atoms with van der Waals surface area (Å²) in [6.45, 7) is 2.14. The van der Waals surface area contributed by atoms with Crippen LogP contribution in [0.3, 0.4) is 0 Å². The Morgan fingerprint density at radius 1 is 1.18 bits per heavy atom. The van der Waals surface area contributed by atoms with Crippen molar-refractivity contribution >= 4 is 29.2 Å². The lowest BCUT2D eigenvalue weighted by molar-refractivity contribution is 0.411. The number of halogens is 2. The number of hydrogen-bond donors (Lipinski definition) is 3. The molecule has 0 aliphatic carbocycles. The monoisotopic (exact) mass is 403 g/mol. The molecule has 3 rings (SSSR count). The van der Waals surface area contributed by atoms with E-state index in [9.17, 15) is 8.78 Å². The number of hydrazone groups is 1. The Balaban J connectivity index is 1.57. The molecule has 0 bridgehead atoms. The average Bonchev–Trinajstić information content (AvgIpc) is 2.70. The quantitative estimate of drug-likeness (QED) is 0.393. The molecule has 0 aromatic heterocycles. The Morgan fingerprint density at radius 2 is 1.89 bits per heavy atom. The van der Waals surface area contributed by atoms with E-state index in [0.717, 1.165) is 31.7 Å². The van der Waals surface area contributed by atoms with Gasteiger partial charge in [-0.25, -0.2) is 8.78 Å². The average molecular weight is 404 g/mol. The molecule has 148 valence electrons. The van der Waals surface area contributed by atoms with Crippen molar-refractivity contribution in [3.8, 4) is 0 Å². The smallest absolute Gasteiger partial charge is 0.184 e. The van der Waals surface area contributed by atoms with Gasteiger partial charge in [-0.2, -0.15) is 5.10 Å². The number of rotatable bonds is 6. The van der Waals surface area contributed by atoms with Gasteiger partial charge in [-0.3, -0.25) is 5.43 Å². The molecule has 2 aromatic rings. The molecule has 0 atom stereocenters. The van der Waals surface area contributed by atoms with Crippen LogP contribution in [0.25, 0.3) is 0 Å². The first-order valence-corrected chi connectivity index (χ1v) is 9.53. The van der Waals surface area contributed by atoms with Crippen molar-refractivity contribution in [2.24, 2.45) is 10.8 Å². The van der Waals surface area contributed by atoms with Crippen LogP contribution in [0.4, 0.5) is 14.5 Å². The molecule has 0 radical (unpaired) electrons. The van der Waals surface area contributed by atoms with E-state index in [4.69, 9.17) is 5.73 Å². The number of hydrogen-bond acceptors (Lipinski definition) is 4. The molecule has 0 unspecified atom stereocenters. The minimum atomic E-state index is -0.547. The summed E-state index contributed by atoms with van der Waals surface area (Å²) in [5.41, 5.74) is 9.10. The predicted octanol–water partition coefficient (Wildman–Crippen LogP) is 2.89. The molecule has 8 heteroatoms. The molecule has 0 amide bonds. The third kappa shape index (κ3) is 5.46. The van der Waals surface area contributed by atoms with Gasteiger partial charge < -0.3 is 16.0 Å². The van der Waals surface area contributed by atoms with Crippen molar-refractivity contribution in [1.29, 1.82) is 0 Å². The molecule has 28 heavy (non-hydrogen) atoms. The Hall–Kier alpha value is -2.58. The van der Waals surface area contributed by atoms with Crippen molar-refractivity contribution in [1.82, 2.24) is 10.7 Å². The maximum absolute atomic E-state index is 14.5. The second kappa shape index (κ2) is 9.57. The first-order valence-electron chi connectivity index (χ1n) is 9.12. The van der Waals surface area contributed by atoms with Crippen LogP contribution in [0.5, 0.6) is 0 Å². The van der Waals surface area contributed by atoms with Gasteiger partial charge in [-0.15, -0.1) is 0 Å². The summed E-state index contributed by atoms with van der Waals surface area (Å²) in [5.74, 6) is -1.02. The molecule has 2 aromatic carbocycles. The summed E-state index contributed by atoms with van der Waals surface area (Å²) in [5, 5.41) is 7.16. The number of benzene rings is 2. The van der Waals surface area contributed by atoms with E-state index in [1.165, 1.54) is 11.6 Å². The van der Waals surface area contributed by atoms with Crippen molar-refractivity contribution < 1.29 is 8.78 Å². The summed E-state index contributed by atoms with van der Waals surface area (Å²) < 4.78 is 28.8. The Bertz CT molecular complexity index is 836. The van der Waals surface area contributed by atoms with Crippen LogP contribution in [0.15, 0.2) is 47.6 Å². The SMILES string of the molecule is NC(=S)NN=Cc1cc(F)c(N2CCC(NCc3ccccc3)CC2)cc1F. The van der Waals surface area contributed by atoms with E-state index in [-0.39, 0.29) is 16.4 Å². The summed E-state index contributed by atoms with van der Waals surface area (Å²) in [7, 11) is 0. The zero-order chi connectivity index (χ0) is 19.9. The highest BCUT2D eigenvalue weighted by molar-refractivity contribution is 7.80. The maximum Gasteiger partial charge on any atom is 0.184 e. The van der Waals surface area contributed by atoms with Gasteiger partial charge in [0.05, 0.1) is 11.9 Å². The molecule has 1 aliphatic heterocycles. The highest BCUT2D eigenvalue weighted by Crippen LogP contribution is 2.26. The highest BCUT2D eigenvalue weighted by Gasteiger charge is 2.22. The lowest BCUT2D eigenvalue weighted by atomic mass is 10.0. The molecular weight excluding hydrogens is 380 g/mol. The largest absolute Gasteiger partial charge is 0.375 e. The van der Waals surface area contributed by atoms with Crippen LogP contribution in [-0.2, 0) is 6.54 Å². The highest BCUT2D eigenvalue weighted by atomic mass is 32.1. The molecule has 1 fully saturated rings. The van der Waals surface area contributed by atoms with Crippen LogP contribution in [-0.4, -0.2) is 30.5 Å². The van der Waals surface area contributed by atoms with Gasteiger partial charge >= 0.3 is 0 Å². The van der Waals surface area contributed by atoms with Crippen LogP contribution in [0, 0.1) is 11.6 Å². The number of nitrogens with two attached hydrogens (primary N) is 1. The van der Waals surface area contributed by atoms with E-state index in [2.05, 4.69) is 40.2 Å². The van der Waals surface area contributed by atoms with Crippen LogP contribution in [0.2, 0.25) is 0 Å². The second-order valence-electron chi connectivity index (χ2n) is 6.69.